The van der Waals surface area contributed by atoms with Crippen LogP contribution in [0.15, 0.2) is 80.6 Å². The molecule has 0 atom stereocenters. The average molecular weight is 422 g/mol. The molecule has 0 amide bonds. The van der Waals surface area contributed by atoms with Crippen molar-refractivity contribution in [3.8, 4) is 11.5 Å². The van der Waals surface area contributed by atoms with Crippen molar-refractivity contribution in [2.24, 2.45) is 4.99 Å². The molecule has 0 saturated carbocycles. The zero-order valence-corrected chi connectivity index (χ0v) is 15.5. The number of rotatable bonds is 4. The Balaban J connectivity index is 1.66. The first-order valence-electron chi connectivity index (χ1n) is 8.04. The fourth-order valence-electron chi connectivity index (χ4n) is 2.62. The van der Waals surface area contributed by atoms with E-state index in [1.54, 1.807) is 36.4 Å². The van der Waals surface area contributed by atoms with Gasteiger partial charge in [-0.3, -0.25) is 15.1 Å². The predicted molar refractivity (Wildman–Crippen MR) is 107 cm³/mol. The third-order valence-electron chi connectivity index (χ3n) is 3.95. The van der Waals surface area contributed by atoms with Gasteiger partial charge in [-0.15, -0.1) is 0 Å². The molecule has 0 aliphatic rings. The number of hydrogen-bond donors (Lipinski definition) is 0. The largest absolute Gasteiger partial charge is 0.436 e. The molecule has 27 heavy (non-hydrogen) atoms. The number of nitro groups is 1. The number of aliphatic imine (C=N–C) groups is 1. The number of nitro benzene ring substituents is 1. The molecule has 0 spiro atoms. The summed E-state index contributed by atoms with van der Waals surface area (Å²) in [4.78, 5) is 19.5. The van der Waals surface area contributed by atoms with Gasteiger partial charge in [0, 0.05) is 22.3 Å². The molecule has 0 aliphatic carbocycles. The van der Waals surface area contributed by atoms with Crippen LogP contribution in [0.2, 0.25) is 0 Å². The van der Waals surface area contributed by atoms with Gasteiger partial charge >= 0.3 is 0 Å². The van der Waals surface area contributed by atoms with Crippen molar-refractivity contribution >= 4 is 44.6 Å². The summed E-state index contributed by atoms with van der Waals surface area (Å²) < 4.78 is 6.78. The van der Waals surface area contributed by atoms with Crippen LogP contribution in [0.4, 0.5) is 11.4 Å². The summed E-state index contributed by atoms with van der Waals surface area (Å²) in [6.45, 7) is 0. The van der Waals surface area contributed by atoms with E-state index in [9.17, 15) is 10.1 Å². The van der Waals surface area contributed by atoms with Crippen molar-refractivity contribution in [1.29, 1.82) is 0 Å². The predicted octanol–water partition coefficient (Wildman–Crippen LogP) is 5.92. The molecule has 0 radical (unpaired) electrons. The summed E-state index contributed by atoms with van der Waals surface area (Å²) in [5, 5.41) is 11.1. The molecular formula is C20H12BrN3O3. The van der Waals surface area contributed by atoms with Gasteiger partial charge in [-0.05, 0) is 48.5 Å². The Morgan fingerprint density at radius 1 is 1.07 bits per heavy atom. The lowest BCUT2D eigenvalue weighted by Crippen LogP contribution is -1.93. The van der Waals surface area contributed by atoms with Gasteiger partial charge in [0.15, 0.2) is 5.58 Å². The Bertz CT molecular complexity index is 1170. The normalized spacial score (nSPS) is 11.3. The minimum absolute atomic E-state index is 0.0151. The van der Waals surface area contributed by atoms with E-state index < -0.39 is 4.92 Å². The second-order valence-corrected chi connectivity index (χ2v) is 6.67. The maximum Gasteiger partial charge on any atom is 0.278 e. The monoisotopic (exact) mass is 421 g/mol. The zero-order chi connectivity index (χ0) is 18.8. The molecule has 6 nitrogen and oxygen atoms in total. The number of halogens is 1. The summed E-state index contributed by atoms with van der Waals surface area (Å²) >= 11 is 3.40. The van der Waals surface area contributed by atoms with Crippen LogP contribution in [0.25, 0.3) is 22.6 Å². The summed E-state index contributed by atoms with van der Waals surface area (Å²) in [7, 11) is 0. The maximum absolute atomic E-state index is 11.1. The average Bonchev–Trinajstić information content (AvgIpc) is 3.10. The molecule has 3 aromatic carbocycles. The van der Waals surface area contributed by atoms with Crippen LogP contribution in [-0.2, 0) is 0 Å². The molecule has 4 aromatic rings. The molecule has 7 heteroatoms. The third kappa shape index (κ3) is 3.63. The van der Waals surface area contributed by atoms with Crippen molar-refractivity contribution in [1.82, 2.24) is 4.98 Å². The fourth-order valence-corrected chi connectivity index (χ4v) is 2.88. The summed E-state index contributed by atoms with van der Waals surface area (Å²) in [6.07, 6.45) is 1.48. The Morgan fingerprint density at radius 2 is 1.85 bits per heavy atom. The van der Waals surface area contributed by atoms with Gasteiger partial charge in [0.05, 0.1) is 16.2 Å². The van der Waals surface area contributed by atoms with E-state index in [4.69, 9.17) is 4.42 Å². The van der Waals surface area contributed by atoms with E-state index in [2.05, 4.69) is 25.9 Å². The summed E-state index contributed by atoms with van der Waals surface area (Å²) in [5.74, 6) is 0.525. The second kappa shape index (κ2) is 7.13. The Kier molecular flexibility index (Phi) is 4.52. The number of aromatic nitrogens is 1. The molecular weight excluding hydrogens is 410 g/mol. The highest BCUT2D eigenvalue weighted by molar-refractivity contribution is 9.10. The van der Waals surface area contributed by atoms with Crippen LogP contribution in [-0.4, -0.2) is 16.1 Å². The first-order valence-corrected chi connectivity index (χ1v) is 8.83. The van der Waals surface area contributed by atoms with Crippen molar-refractivity contribution in [2.45, 2.75) is 0 Å². The van der Waals surface area contributed by atoms with E-state index in [1.165, 1.54) is 12.3 Å². The zero-order valence-electron chi connectivity index (χ0n) is 13.9. The smallest absolute Gasteiger partial charge is 0.278 e. The number of para-hydroxylation sites is 1. The van der Waals surface area contributed by atoms with E-state index in [0.29, 0.717) is 28.2 Å². The molecule has 0 N–H and O–H groups in total. The lowest BCUT2D eigenvalue weighted by Gasteiger charge is -1.96. The number of benzene rings is 3. The first kappa shape index (κ1) is 17.1. The highest BCUT2D eigenvalue weighted by atomic mass is 79.9. The van der Waals surface area contributed by atoms with Gasteiger partial charge in [-0.2, -0.15) is 0 Å². The van der Waals surface area contributed by atoms with Crippen LogP contribution in [0.1, 0.15) is 5.56 Å². The van der Waals surface area contributed by atoms with Crippen molar-refractivity contribution in [3.05, 3.63) is 86.9 Å². The van der Waals surface area contributed by atoms with E-state index >= 15 is 0 Å². The van der Waals surface area contributed by atoms with Gasteiger partial charge in [0.25, 0.3) is 5.69 Å². The fraction of sp³-hybridized carbons (Fsp3) is 0. The molecule has 0 bridgehead atoms. The topological polar surface area (TPSA) is 81.5 Å². The number of fused-ring (bicyclic) bond motifs is 1. The quantitative estimate of drug-likeness (QED) is 0.232. The molecule has 0 saturated heterocycles. The molecule has 1 heterocycles. The second-order valence-electron chi connectivity index (χ2n) is 5.75. The summed E-state index contributed by atoms with van der Waals surface area (Å²) in [5.41, 5.74) is 3.29. The lowest BCUT2D eigenvalue weighted by atomic mass is 10.2. The van der Waals surface area contributed by atoms with Crippen molar-refractivity contribution in [3.63, 3.8) is 0 Å². The van der Waals surface area contributed by atoms with Gasteiger partial charge in [0.1, 0.15) is 5.52 Å². The molecule has 1 aromatic heterocycles. The molecule has 0 unspecified atom stereocenters. The van der Waals surface area contributed by atoms with Crippen LogP contribution >= 0.6 is 15.9 Å². The molecule has 4 rings (SSSR count). The highest BCUT2D eigenvalue weighted by Gasteiger charge is 2.11. The maximum atomic E-state index is 11.1. The van der Waals surface area contributed by atoms with Crippen LogP contribution in [0.5, 0.6) is 0 Å². The number of nitrogens with zero attached hydrogens (tertiary/aromatic N) is 3. The number of hydrogen-bond acceptors (Lipinski definition) is 5. The van der Waals surface area contributed by atoms with Gasteiger partial charge in [-0.25, -0.2) is 4.98 Å². The summed E-state index contributed by atoms with van der Waals surface area (Å²) in [6, 6.07) is 19.5. The SMILES string of the molecule is O=[N+]([O-])c1ccccc1C=Nc1ccc2oc(-c3ccc(Br)cc3)nc2c1. The van der Waals surface area contributed by atoms with Crippen LogP contribution in [0.3, 0.4) is 0 Å². The molecule has 0 aliphatic heterocycles. The van der Waals surface area contributed by atoms with Crippen molar-refractivity contribution in [2.75, 3.05) is 0 Å². The Hall–Kier alpha value is -3.32. The van der Waals surface area contributed by atoms with Gasteiger partial charge in [0.2, 0.25) is 5.89 Å². The minimum Gasteiger partial charge on any atom is -0.436 e. The van der Waals surface area contributed by atoms with Gasteiger partial charge in [-0.1, -0.05) is 28.1 Å². The molecule has 132 valence electrons. The van der Waals surface area contributed by atoms with Crippen molar-refractivity contribution < 1.29 is 9.34 Å². The van der Waals surface area contributed by atoms with Gasteiger partial charge < -0.3 is 4.42 Å². The standard InChI is InChI=1S/C20H12BrN3O3/c21-15-7-5-13(6-8-15)20-23-17-11-16(9-10-19(17)27-20)22-12-14-3-1-2-4-18(14)24(25)26/h1-12H. The van der Waals surface area contributed by atoms with Crippen LogP contribution < -0.4 is 0 Å². The van der Waals surface area contributed by atoms with Crippen LogP contribution in [0, 0.1) is 10.1 Å². The minimum atomic E-state index is -0.424. The third-order valence-corrected chi connectivity index (χ3v) is 4.48. The Labute approximate surface area is 162 Å². The Morgan fingerprint density at radius 3 is 2.63 bits per heavy atom. The molecule has 0 fully saturated rings. The van der Waals surface area contributed by atoms with E-state index in [1.807, 2.05) is 24.3 Å². The number of oxazole rings is 1. The highest BCUT2D eigenvalue weighted by Crippen LogP contribution is 2.28. The van der Waals surface area contributed by atoms with E-state index in [0.717, 1.165) is 10.0 Å². The van der Waals surface area contributed by atoms with E-state index in [-0.39, 0.29) is 5.69 Å². The first-order chi connectivity index (χ1) is 13.1. The lowest BCUT2D eigenvalue weighted by molar-refractivity contribution is -0.385.